The van der Waals surface area contributed by atoms with Gasteiger partial charge in [-0.1, -0.05) is 152 Å². The summed E-state index contributed by atoms with van der Waals surface area (Å²) in [6, 6.07) is 81.4. The highest BCUT2D eigenvalue weighted by Crippen LogP contribution is 2.45. The van der Waals surface area contributed by atoms with Gasteiger partial charge in [0, 0.05) is 137 Å². The summed E-state index contributed by atoms with van der Waals surface area (Å²) in [6.07, 6.45) is 21.0. The Balaban J connectivity index is 0.000000103. The minimum atomic E-state index is -0.343. The number of aromatic nitrogens is 12. The second kappa shape index (κ2) is 29.8. The van der Waals surface area contributed by atoms with Crippen molar-refractivity contribution in [3.63, 3.8) is 0 Å². The molecule has 1 saturated heterocycles. The highest BCUT2D eigenvalue weighted by Gasteiger charge is 2.30. The molecule has 0 bridgehead atoms. The van der Waals surface area contributed by atoms with Gasteiger partial charge in [-0.3, -0.25) is 19.9 Å². The zero-order valence-corrected chi connectivity index (χ0v) is 58.1. The van der Waals surface area contributed by atoms with Crippen LogP contribution in [-0.2, 0) is 0 Å². The largest absolute Gasteiger partial charge is 0.353 e. The van der Waals surface area contributed by atoms with Gasteiger partial charge in [0.05, 0.1) is 23.3 Å². The minimum Gasteiger partial charge on any atom is -0.353 e. The third kappa shape index (κ3) is 14.8. The van der Waals surface area contributed by atoms with Crippen molar-refractivity contribution >= 4 is 48.9 Å². The number of hydrogen-bond acceptors (Lipinski definition) is 14. The number of halogens is 1. The van der Waals surface area contributed by atoms with E-state index in [-0.39, 0.29) is 5.82 Å². The number of benzene rings is 8. The molecule has 3 aliphatic carbocycles. The summed E-state index contributed by atoms with van der Waals surface area (Å²) < 4.78 is 14.5. The first-order valence-corrected chi connectivity index (χ1v) is 36.1. The number of nitrogens with zero attached hydrogens (tertiary/aromatic N) is 14. The molecule has 9 heterocycles. The summed E-state index contributed by atoms with van der Waals surface area (Å²) in [6.45, 7) is 4.02. The topological polar surface area (TPSA) is 161 Å². The Bertz CT molecular complexity index is 5780. The molecule has 510 valence electrons. The van der Waals surface area contributed by atoms with Gasteiger partial charge in [0.2, 0.25) is 0 Å². The van der Waals surface area contributed by atoms with E-state index < -0.39 is 0 Å². The highest BCUT2D eigenvalue weighted by atomic mass is 19.1. The van der Waals surface area contributed by atoms with Crippen molar-refractivity contribution in [2.45, 2.75) is 56.3 Å². The molecule has 0 spiro atoms. The third-order valence-corrected chi connectivity index (χ3v) is 20.2. The molecule has 0 radical (unpaired) electrons. The number of fused-ring (bicyclic) bond motifs is 4. The molecular weight excluding hydrogens is 1300 g/mol. The van der Waals surface area contributed by atoms with Gasteiger partial charge in [-0.25, -0.2) is 4.39 Å². The maximum Gasteiger partial charge on any atom is 0.151 e. The molecule has 0 N–H and O–H groups in total. The average Bonchev–Trinajstić information content (AvgIpc) is 1.48. The fourth-order valence-electron chi connectivity index (χ4n) is 13.9. The molecule has 0 amide bonds. The molecule has 1 aliphatic heterocycles. The van der Waals surface area contributed by atoms with E-state index in [0.29, 0.717) is 29.0 Å². The Morgan fingerprint density at radius 3 is 1.13 bits per heavy atom. The molecule has 3 saturated carbocycles. The first kappa shape index (κ1) is 65.7. The SMILES string of the molecule is CN1CCN(c2cc(-c3ccncc3)c(-c3ccc4ccccc4c3)nn2)CC1.Fc1cnccc1-c1cc(C2CC2)nnc1-c1ccc2ccccc2c1.c1ccc2c(-c3nnc(C4CC4)cc3-c3ccncc3)cccc2c1.c1ccc2cc(-c3nnc(C4CC4)cc3-c3ccncc3)ccc2c1. The van der Waals surface area contributed by atoms with Crippen molar-refractivity contribution < 1.29 is 4.39 Å². The van der Waals surface area contributed by atoms with Gasteiger partial charge in [0.1, 0.15) is 28.6 Å². The normalized spacial score (nSPS) is 14.2. The Labute approximate surface area is 608 Å². The van der Waals surface area contributed by atoms with Crippen molar-refractivity contribution in [3.8, 4) is 89.5 Å². The van der Waals surface area contributed by atoms with Gasteiger partial charge < -0.3 is 9.80 Å². The second-order valence-corrected chi connectivity index (χ2v) is 27.4. The Morgan fingerprint density at radius 1 is 0.286 bits per heavy atom. The second-order valence-electron chi connectivity index (χ2n) is 27.4. The summed E-state index contributed by atoms with van der Waals surface area (Å²) in [5.74, 6) is 2.21. The molecule has 4 aliphatic rings. The van der Waals surface area contributed by atoms with Crippen LogP contribution in [0.25, 0.3) is 133 Å². The van der Waals surface area contributed by atoms with Crippen LogP contribution in [-0.4, -0.2) is 98.9 Å². The summed E-state index contributed by atoms with van der Waals surface area (Å²) in [5, 5.41) is 46.2. The van der Waals surface area contributed by atoms with Crippen LogP contribution in [0.1, 0.15) is 73.4 Å². The van der Waals surface area contributed by atoms with E-state index in [9.17, 15) is 4.39 Å². The van der Waals surface area contributed by atoms with Crippen molar-refractivity contribution in [1.29, 1.82) is 0 Å². The van der Waals surface area contributed by atoms with Crippen LogP contribution >= 0.6 is 0 Å². The first-order valence-electron chi connectivity index (χ1n) is 36.1. The number of piperazine rings is 1. The van der Waals surface area contributed by atoms with Crippen molar-refractivity contribution in [1.82, 2.24) is 65.6 Å². The number of hydrogen-bond donors (Lipinski definition) is 0. The molecule has 15 heteroatoms. The lowest BCUT2D eigenvalue weighted by Crippen LogP contribution is -2.44. The fourth-order valence-corrected chi connectivity index (χ4v) is 13.9. The molecule has 8 aromatic heterocycles. The highest BCUT2D eigenvalue weighted by molar-refractivity contribution is 5.99. The maximum atomic E-state index is 14.5. The third-order valence-electron chi connectivity index (χ3n) is 20.2. The van der Waals surface area contributed by atoms with Crippen LogP contribution in [0.2, 0.25) is 0 Å². The number of likely N-dealkylation sites (N-methyl/N-ethyl adjacent to an activating group) is 1. The van der Waals surface area contributed by atoms with E-state index in [0.717, 1.165) is 151 Å². The maximum absolute atomic E-state index is 14.5. The van der Waals surface area contributed by atoms with Gasteiger partial charge in [-0.05, 0) is 190 Å². The smallest absolute Gasteiger partial charge is 0.151 e. The van der Waals surface area contributed by atoms with E-state index in [1.165, 1.54) is 64.2 Å². The summed E-state index contributed by atoms with van der Waals surface area (Å²) in [4.78, 5) is 21.0. The molecule has 0 unspecified atom stereocenters. The lowest BCUT2D eigenvalue weighted by atomic mass is 9.95. The summed E-state index contributed by atoms with van der Waals surface area (Å²) >= 11 is 0. The van der Waals surface area contributed by atoms with Crippen molar-refractivity contribution in [2.24, 2.45) is 0 Å². The van der Waals surface area contributed by atoms with E-state index in [2.05, 4.69) is 242 Å². The fraction of sp³-hybridized carbons (Fsp3) is 0.156. The predicted molar refractivity (Wildman–Crippen MR) is 418 cm³/mol. The zero-order chi connectivity index (χ0) is 70.4. The van der Waals surface area contributed by atoms with Gasteiger partial charge >= 0.3 is 0 Å². The van der Waals surface area contributed by atoms with E-state index in [1.54, 1.807) is 12.3 Å². The lowest BCUT2D eigenvalue weighted by Gasteiger charge is -2.33. The molecule has 20 rings (SSSR count). The molecule has 16 aromatic rings. The van der Waals surface area contributed by atoms with Crippen LogP contribution in [0.15, 0.2) is 286 Å². The monoisotopic (exact) mass is 1370 g/mol. The molecule has 14 nitrogen and oxygen atoms in total. The molecule has 105 heavy (non-hydrogen) atoms. The van der Waals surface area contributed by atoms with E-state index in [1.807, 2.05) is 97.8 Å². The van der Waals surface area contributed by atoms with Gasteiger partial charge in [-0.2, -0.15) is 15.3 Å². The number of anilines is 1. The molecule has 0 atom stereocenters. The zero-order valence-electron chi connectivity index (χ0n) is 58.1. The molecular formula is C90H73FN14. The number of pyridine rings is 4. The Hall–Kier alpha value is -12.6. The van der Waals surface area contributed by atoms with Gasteiger partial charge in [0.15, 0.2) is 5.82 Å². The Morgan fingerprint density at radius 2 is 0.667 bits per heavy atom. The Kier molecular flexibility index (Phi) is 18.6. The van der Waals surface area contributed by atoms with Gasteiger partial charge in [0.25, 0.3) is 0 Å². The van der Waals surface area contributed by atoms with Crippen LogP contribution < -0.4 is 4.90 Å². The van der Waals surface area contributed by atoms with Crippen LogP contribution in [0.5, 0.6) is 0 Å². The average molecular weight is 1370 g/mol. The van der Waals surface area contributed by atoms with Crippen LogP contribution in [0.3, 0.4) is 0 Å². The lowest BCUT2D eigenvalue weighted by molar-refractivity contribution is 0.312. The van der Waals surface area contributed by atoms with E-state index >= 15 is 0 Å². The quantitative estimate of drug-likeness (QED) is 0.114. The van der Waals surface area contributed by atoms with Crippen LogP contribution in [0.4, 0.5) is 10.2 Å². The summed E-state index contributed by atoms with van der Waals surface area (Å²) in [5.41, 5.74) is 18.9. The molecule has 4 fully saturated rings. The minimum absolute atomic E-state index is 0.343. The first-order chi connectivity index (χ1) is 51.8. The van der Waals surface area contributed by atoms with Gasteiger partial charge in [-0.15, -0.1) is 25.5 Å². The predicted octanol–water partition coefficient (Wildman–Crippen LogP) is 20.0. The van der Waals surface area contributed by atoms with Crippen LogP contribution in [0, 0.1) is 5.82 Å². The number of rotatable bonds is 12. The van der Waals surface area contributed by atoms with Crippen molar-refractivity contribution in [2.75, 3.05) is 38.1 Å². The summed E-state index contributed by atoms with van der Waals surface area (Å²) in [7, 11) is 2.16. The van der Waals surface area contributed by atoms with E-state index in [4.69, 9.17) is 5.10 Å². The standard InChI is InChI=1S/C24H23N5.C22H16FN3.2C22H17N3/c1-28-12-14-29(15-13-28)23-17-22(19-8-10-25-11-9-19)24(27-26-23)21-7-6-18-4-2-3-5-20(18)16-21;23-20-13-24-10-9-18(20)19-12-21(15-6-7-15)25-26-22(19)17-8-5-14-3-1-2-4-16(14)11-17;1-2-6-18-15(4-1)5-3-7-19(18)22-20(16-10-12-23-13-11-16)14-21(24-25-22)17-8-9-17;1-2-4-18-13-19(8-5-15(18)3-1)22-20(16-9-11-23-12-10-16)14-21(24-25-22)17-6-7-17/h2-11,16-17H,12-15H2,1H3;1-5,8-13,15H,6-7H2;1-7,10-14,17H,8-9H2;1-5,8-14,17H,6-7H2. The molecule has 8 aromatic carbocycles. The van der Waals surface area contributed by atoms with Crippen molar-refractivity contribution in [3.05, 3.63) is 309 Å².